The molecule has 3 nitrogen and oxygen atoms in total. The van der Waals surface area contributed by atoms with Gasteiger partial charge in [0, 0.05) is 19.2 Å². The van der Waals surface area contributed by atoms with Gasteiger partial charge in [-0.3, -0.25) is 0 Å². The molecule has 0 bridgehead atoms. The molecule has 5 heteroatoms. The summed E-state index contributed by atoms with van der Waals surface area (Å²) in [4.78, 5) is 0. The van der Waals surface area contributed by atoms with Crippen molar-refractivity contribution in [3.8, 4) is 0 Å². The third-order valence-corrected chi connectivity index (χ3v) is 3.78. The molecule has 2 rings (SSSR count). The van der Waals surface area contributed by atoms with Crippen molar-refractivity contribution in [3.05, 3.63) is 22.4 Å². The Morgan fingerprint density at radius 1 is 1.47 bits per heavy atom. The lowest BCUT2D eigenvalue weighted by Gasteiger charge is -2.16. The molecule has 94 valence electrons. The van der Waals surface area contributed by atoms with Crippen LogP contribution in [0.4, 0.5) is 15.8 Å². The van der Waals surface area contributed by atoms with Crippen LogP contribution in [0.5, 0.6) is 0 Å². The van der Waals surface area contributed by atoms with Gasteiger partial charge in [-0.05, 0) is 41.3 Å². The summed E-state index contributed by atoms with van der Waals surface area (Å²) in [6, 6.07) is 3.32. The highest BCUT2D eigenvalue weighted by Gasteiger charge is 2.24. The second kappa shape index (κ2) is 5.23. The fourth-order valence-corrected chi connectivity index (χ4v) is 2.55. The minimum Gasteiger partial charge on any atom is -0.397 e. The van der Waals surface area contributed by atoms with Gasteiger partial charge in [0.1, 0.15) is 5.82 Å². The Hall–Kier alpha value is -0.810. The SMILES string of the molecule is COC1CCC(Nc2cc(F)c(Br)cc2N)C1. The Kier molecular flexibility index (Phi) is 3.89. The highest BCUT2D eigenvalue weighted by atomic mass is 79.9. The Morgan fingerprint density at radius 2 is 2.24 bits per heavy atom. The van der Waals surface area contributed by atoms with Gasteiger partial charge in [0.2, 0.25) is 0 Å². The van der Waals surface area contributed by atoms with E-state index >= 15 is 0 Å². The number of halogens is 2. The summed E-state index contributed by atoms with van der Waals surface area (Å²) in [5.74, 6) is -0.303. The van der Waals surface area contributed by atoms with Crippen LogP contribution in [-0.2, 0) is 4.74 Å². The molecule has 1 fully saturated rings. The molecule has 1 aliphatic rings. The van der Waals surface area contributed by atoms with Gasteiger partial charge < -0.3 is 15.8 Å². The molecule has 2 unspecified atom stereocenters. The van der Waals surface area contributed by atoms with Crippen molar-refractivity contribution in [1.82, 2.24) is 0 Å². The number of nitrogens with two attached hydrogens (primary N) is 1. The number of nitrogen functional groups attached to an aromatic ring is 1. The van der Waals surface area contributed by atoms with Crippen molar-refractivity contribution in [1.29, 1.82) is 0 Å². The largest absolute Gasteiger partial charge is 0.397 e. The van der Waals surface area contributed by atoms with Crippen molar-refractivity contribution in [3.63, 3.8) is 0 Å². The van der Waals surface area contributed by atoms with Crippen LogP contribution in [0.3, 0.4) is 0 Å². The zero-order valence-corrected chi connectivity index (χ0v) is 11.3. The molecule has 0 heterocycles. The van der Waals surface area contributed by atoms with E-state index in [1.54, 1.807) is 13.2 Å². The van der Waals surface area contributed by atoms with Gasteiger partial charge in [0.05, 0.1) is 22.0 Å². The van der Waals surface area contributed by atoms with Crippen LogP contribution >= 0.6 is 15.9 Å². The summed E-state index contributed by atoms with van der Waals surface area (Å²) in [7, 11) is 1.72. The van der Waals surface area contributed by atoms with Crippen LogP contribution in [0.15, 0.2) is 16.6 Å². The summed E-state index contributed by atoms with van der Waals surface area (Å²) in [5, 5.41) is 3.28. The van der Waals surface area contributed by atoms with Gasteiger partial charge in [-0.25, -0.2) is 4.39 Å². The Labute approximate surface area is 109 Å². The van der Waals surface area contributed by atoms with E-state index in [-0.39, 0.29) is 5.82 Å². The third-order valence-electron chi connectivity index (χ3n) is 3.17. The first-order chi connectivity index (χ1) is 8.10. The predicted octanol–water partition coefficient (Wildman–Crippen LogP) is 3.15. The van der Waals surface area contributed by atoms with Gasteiger partial charge in [-0.2, -0.15) is 0 Å². The van der Waals surface area contributed by atoms with Gasteiger partial charge >= 0.3 is 0 Å². The molecular weight excluding hydrogens is 287 g/mol. The van der Waals surface area contributed by atoms with E-state index in [1.807, 2.05) is 0 Å². The van der Waals surface area contributed by atoms with E-state index in [1.165, 1.54) is 6.07 Å². The topological polar surface area (TPSA) is 47.3 Å². The zero-order valence-electron chi connectivity index (χ0n) is 9.67. The maximum atomic E-state index is 13.4. The number of nitrogens with one attached hydrogen (secondary N) is 1. The molecule has 0 aromatic heterocycles. The van der Waals surface area contributed by atoms with Crippen LogP contribution < -0.4 is 11.1 Å². The lowest BCUT2D eigenvalue weighted by atomic mass is 10.2. The highest BCUT2D eigenvalue weighted by Crippen LogP contribution is 2.30. The number of hydrogen-bond donors (Lipinski definition) is 2. The van der Waals surface area contributed by atoms with Crippen molar-refractivity contribution >= 4 is 27.3 Å². The zero-order chi connectivity index (χ0) is 12.4. The minimum absolute atomic E-state index is 0.300. The smallest absolute Gasteiger partial charge is 0.139 e. The van der Waals surface area contributed by atoms with Gasteiger partial charge in [0.15, 0.2) is 0 Å². The molecule has 0 radical (unpaired) electrons. The van der Waals surface area contributed by atoms with Crippen LogP contribution in [0.25, 0.3) is 0 Å². The summed E-state index contributed by atoms with van der Waals surface area (Å²) in [6.07, 6.45) is 3.30. The third kappa shape index (κ3) is 2.90. The predicted molar refractivity (Wildman–Crippen MR) is 70.6 cm³/mol. The lowest BCUT2D eigenvalue weighted by Crippen LogP contribution is -2.18. The average Bonchev–Trinajstić information content (AvgIpc) is 2.73. The van der Waals surface area contributed by atoms with Crippen molar-refractivity contribution in [2.75, 3.05) is 18.2 Å². The van der Waals surface area contributed by atoms with E-state index in [4.69, 9.17) is 10.5 Å². The fourth-order valence-electron chi connectivity index (χ4n) is 2.19. The first-order valence-electron chi connectivity index (χ1n) is 5.64. The standard InChI is InChI=1S/C12H16BrFN2O/c1-17-8-3-2-7(4-8)16-12-6-10(14)9(13)5-11(12)15/h5-8,16H,2-4,15H2,1H3. The molecule has 1 aliphatic carbocycles. The Balaban J connectivity index is 2.06. The monoisotopic (exact) mass is 302 g/mol. The van der Waals surface area contributed by atoms with E-state index in [9.17, 15) is 4.39 Å². The number of benzene rings is 1. The first-order valence-corrected chi connectivity index (χ1v) is 6.43. The van der Waals surface area contributed by atoms with Gasteiger partial charge in [0.25, 0.3) is 0 Å². The van der Waals surface area contributed by atoms with E-state index in [2.05, 4.69) is 21.2 Å². The van der Waals surface area contributed by atoms with Gasteiger partial charge in [-0.15, -0.1) is 0 Å². The molecule has 1 aromatic carbocycles. The summed E-state index contributed by atoms with van der Waals surface area (Å²) in [6.45, 7) is 0. The summed E-state index contributed by atoms with van der Waals surface area (Å²) in [5.41, 5.74) is 7.06. The molecule has 2 atom stereocenters. The van der Waals surface area contributed by atoms with E-state index < -0.39 is 0 Å². The molecular formula is C12H16BrFN2O. The van der Waals surface area contributed by atoms with Crippen molar-refractivity contribution < 1.29 is 9.13 Å². The lowest BCUT2D eigenvalue weighted by molar-refractivity contribution is 0.108. The number of ether oxygens (including phenoxy) is 1. The average molecular weight is 303 g/mol. The van der Waals surface area contributed by atoms with E-state index in [0.717, 1.165) is 19.3 Å². The maximum absolute atomic E-state index is 13.4. The second-order valence-electron chi connectivity index (χ2n) is 4.37. The summed E-state index contributed by atoms with van der Waals surface area (Å²) >= 11 is 3.11. The molecule has 1 aromatic rings. The molecule has 17 heavy (non-hydrogen) atoms. The fraction of sp³-hybridized carbons (Fsp3) is 0.500. The molecule has 0 aliphatic heterocycles. The van der Waals surface area contributed by atoms with Crippen LogP contribution in [0.2, 0.25) is 0 Å². The molecule has 0 saturated heterocycles. The number of rotatable bonds is 3. The number of anilines is 2. The molecule has 0 amide bonds. The van der Waals surface area contributed by atoms with Crippen molar-refractivity contribution in [2.24, 2.45) is 0 Å². The first kappa shape index (κ1) is 12.6. The van der Waals surface area contributed by atoms with Crippen molar-refractivity contribution in [2.45, 2.75) is 31.4 Å². The molecule has 0 spiro atoms. The van der Waals surface area contributed by atoms with E-state index in [0.29, 0.717) is 28.0 Å². The molecule has 3 N–H and O–H groups in total. The minimum atomic E-state index is -0.303. The number of hydrogen-bond acceptors (Lipinski definition) is 3. The molecule has 1 saturated carbocycles. The Bertz CT molecular complexity index is 414. The highest BCUT2D eigenvalue weighted by molar-refractivity contribution is 9.10. The quantitative estimate of drug-likeness (QED) is 0.843. The normalized spacial score (nSPS) is 23.9. The maximum Gasteiger partial charge on any atom is 0.139 e. The number of methoxy groups -OCH3 is 1. The van der Waals surface area contributed by atoms with Crippen LogP contribution in [0, 0.1) is 5.82 Å². The summed E-state index contributed by atoms with van der Waals surface area (Å²) < 4.78 is 19.1. The van der Waals surface area contributed by atoms with Crippen LogP contribution in [0.1, 0.15) is 19.3 Å². The van der Waals surface area contributed by atoms with Gasteiger partial charge in [-0.1, -0.05) is 0 Å². The second-order valence-corrected chi connectivity index (χ2v) is 5.22. The van der Waals surface area contributed by atoms with Crippen LogP contribution in [-0.4, -0.2) is 19.3 Å². The Morgan fingerprint density at radius 3 is 2.88 bits per heavy atom.